The van der Waals surface area contributed by atoms with E-state index in [0.29, 0.717) is 15.8 Å². The molecular formula is C26H22BrN6O9PS-2. The van der Waals surface area contributed by atoms with Gasteiger partial charge in [-0.2, -0.15) is 4.98 Å². The van der Waals surface area contributed by atoms with Crippen LogP contribution in [0, 0.1) is 0 Å². The molecule has 1 fully saturated rings. The van der Waals surface area contributed by atoms with Crippen LogP contribution in [-0.4, -0.2) is 53.9 Å². The standard InChI is InChI=1S/C26H24BrN6O9PS/c27-24-30-31-26(33(24)17-8-7-14(13-5-6-13)15-3-1-2-4-16(15)17)44-12-20(34)40-11-18-22(42-43(37,38)39)21(35)23(41-18)32-10-9-19(28)29-25(32)36/h1-4,7-10,13,21,23,35H,5-6,11-12H2,(H2,28,29,36)(H2,37,38,39)/p-2/t21?,23-/m1/s1. The van der Waals surface area contributed by atoms with Crippen molar-refractivity contribution < 1.29 is 38.3 Å². The van der Waals surface area contributed by atoms with Crippen molar-refractivity contribution in [1.82, 2.24) is 24.3 Å². The zero-order valence-corrected chi connectivity index (χ0v) is 25.7. The molecule has 6 rings (SSSR count). The van der Waals surface area contributed by atoms with Crippen LogP contribution in [-0.2, 0) is 23.4 Å². The van der Waals surface area contributed by atoms with E-state index in [9.17, 15) is 29.0 Å². The molecule has 0 bridgehead atoms. The number of nitrogens with two attached hydrogens (primary N) is 1. The van der Waals surface area contributed by atoms with Gasteiger partial charge in [-0.3, -0.25) is 13.9 Å². The van der Waals surface area contributed by atoms with Gasteiger partial charge >= 0.3 is 11.7 Å². The number of hydrogen-bond acceptors (Lipinski definition) is 14. The molecule has 18 heteroatoms. The second kappa shape index (κ2) is 12.0. The lowest BCUT2D eigenvalue weighted by Gasteiger charge is -2.30. The Morgan fingerprint density at radius 3 is 2.64 bits per heavy atom. The number of carbonyl (C=O) groups is 1. The molecule has 2 aromatic heterocycles. The molecule has 2 aromatic carbocycles. The molecule has 0 radical (unpaired) electrons. The zero-order chi connectivity index (χ0) is 31.2. The second-order valence-electron chi connectivity index (χ2n) is 9.85. The number of hydrogen-bond donors (Lipinski definition) is 2. The van der Waals surface area contributed by atoms with E-state index in [1.165, 1.54) is 11.6 Å². The molecule has 1 aliphatic carbocycles. The molecule has 1 saturated carbocycles. The van der Waals surface area contributed by atoms with Crippen LogP contribution in [0.3, 0.4) is 0 Å². The number of aliphatic hydroxyl groups excluding tert-OH is 1. The summed E-state index contributed by atoms with van der Waals surface area (Å²) in [6.07, 6.45) is -0.0382. The molecule has 0 spiro atoms. The van der Waals surface area contributed by atoms with E-state index in [1.54, 1.807) is 4.57 Å². The highest BCUT2D eigenvalue weighted by Gasteiger charge is 2.40. The van der Waals surface area contributed by atoms with Crippen molar-refractivity contribution in [2.24, 2.45) is 0 Å². The molecule has 2 aliphatic rings. The van der Waals surface area contributed by atoms with Crippen molar-refractivity contribution in [3.8, 4) is 5.69 Å². The fourth-order valence-electron chi connectivity index (χ4n) is 4.83. The smallest absolute Gasteiger partial charge is 0.352 e. The number of phosphoric ester groups is 1. The summed E-state index contributed by atoms with van der Waals surface area (Å²) in [7, 11) is -5.67. The first-order valence-electron chi connectivity index (χ1n) is 13.1. The Morgan fingerprint density at radius 2 is 1.93 bits per heavy atom. The van der Waals surface area contributed by atoms with Gasteiger partial charge in [0.2, 0.25) is 11.0 Å². The maximum Gasteiger partial charge on any atom is 0.352 e. The normalized spacial score (nSPS) is 18.5. The Morgan fingerprint density at radius 1 is 1.18 bits per heavy atom. The van der Waals surface area contributed by atoms with E-state index in [0.717, 1.165) is 51.8 Å². The minimum Gasteiger partial charge on any atom is -0.780 e. The van der Waals surface area contributed by atoms with Crippen LogP contribution >= 0.6 is 35.5 Å². The molecule has 0 saturated heterocycles. The molecular weight excluding hydrogens is 683 g/mol. The molecule has 44 heavy (non-hydrogen) atoms. The number of aliphatic hydroxyl groups is 1. The van der Waals surface area contributed by atoms with Gasteiger partial charge in [0.05, 0.1) is 11.4 Å². The Balaban J connectivity index is 1.17. The van der Waals surface area contributed by atoms with Gasteiger partial charge in [-0.15, -0.1) is 10.2 Å². The van der Waals surface area contributed by atoms with E-state index in [4.69, 9.17) is 15.2 Å². The Hall–Kier alpha value is -3.73. The molecule has 1 aliphatic heterocycles. The number of halogens is 1. The van der Waals surface area contributed by atoms with Crippen LogP contribution in [0.25, 0.3) is 16.5 Å². The number of fused-ring (bicyclic) bond motifs is 1. The van der Waals surface area contributed by atoms with E-state index in [1.807, 2.05) is 24.3 Å². The minimum atomic E-state index is -5.67. The van der Waals surface area contributed by atoms with Gasteiger partial charge in [0.15, 0.2) is 29.4 Å². The van der Waals surface area contributed by atoms with Crippen LogP contribution in [0.4, 0.5) is 5.82 Å². The minimum absolute atomic E-state index is 0.107. The molecule has 1 unspecified atom stereocenters. The molecule has 3 N–H and O–H groups in total. The topological polar surface area (TPSA) is 220 Å². The molecule has 230 valence electrons. The average Bonchev–Trinajstić information content (AvgIpc) is 3.70. The predicted octanol–water partition coefficient (Wildman–Crippen LogP) is 1.48. The largest absolute Gasteiger partial charge is 0.780 e. The van der Waals surface area contributed by atoms with E-state index in [2.05, 4.69) is 47.8 Å². The van der Waals surface area contributed by atoms with Crippen LogP contribution in [0.1, 0.15) is 30.6 Å². The number of nitrogen functional groups attached to an aromatic ring is 1. The van der Waals surface area contributed by atoms with Gasteiger partial charge in [0.25, 0.3) is 0 Å². The van der Waals surface area contributed by atoms with E-state index < -0.39 is 49.9 Å². The highest BCUT2D eigenvalue weighted by Crippen LogP contribution is 2.44. The lowest BCUT2D eigenvalue weighted by molar-refractivity contribution is -0.339. The summed E-state index contributed by atoms with van der Waals surface area (Å²) in [6, 6.07) is 13.4. The number of aromatic nitrogens is 5. The fourth-order valence-corrected chi connectivity index (χ4v) is 6.58. The number of benzene rings is 2. The first kappa shape index (κ1) is 30.3. The third-order valence-electron chi connectivity index (χ3n) is 6.88. The number of thioether (sulfide) groups is 1. The Labute approximate surface area is 261 Å². The number of anilines is 1. The lowest BCUT2D eigenvalue weighted by Crippen LogP contribution is -2.33. The van der Waals surface area contributed by atoms with Gasteiger partial charge in [-0.05, 0) is 57.8 Å². The van der Waals surface area contributed by atoms with Crippen LogP contribution in [0.15, 0.2) is 74.9 Å². The van der Waals surface area contributed by atoms with Crippen molar-refractivity contribution in [2.75, 3.05) is 18.1 Å². The summed E-state index contributed by atoms with van der Waals surface area (Å²) in [5.41, 5.74) is 6.65. The Bertz CT molecular complexity index is 1910. The lowest BCUT2D eigenvalue weighted by atomic mass is 9.99. The summed E-state index contributed by atoms with van der Waals surface area (Å²) in [5, 5.41) is 21.4. The SMILES string of the molecule is Nc1ccn([C@@H]2OC(COC(=O)CSc3nnc(Br)n3-c3ccc(C4CC4)c4ccccc34)=C(OP(=O)([O-])[O-])C2O)c(=O)n1. The highest BCUT2D eigenvalue weighted by atomic mass is 79.9. The van der Waals surface area contributed by atoms with Gasteiger partial charge in [-0.25, -0.2) is 4.79 Å². The predicted molar refractivity (Wildman–Crippen MR) is 155 cm³/mol. The average molecular weight is 705 g/mol. The number of esters is 1. The monoisotopic (exact) mass is 704 g/mol. The van der Waals surface area contributed by atoms with Crippen LogP contribution in [0.5, 0.6) is 0 Å². The van der Waals surface area contributed by atoms with Crippen molar-refractivity contribution in [1.29, 1.82) is 0 Å². The highest BCUT2D eigenvalue weighted by molar-refractivity contribution is 9.10. The van der Waals surface area contributed by atoms with Gasteiger partial charge in [0, 0.05) is 11.6 Å². The summed E-state index contributed by atoms with van der Waals surface area (Å²) >= 11 is 4.48. The van der Waals surface area contributed by atoms with E-state index in [-0.39, 0.29) is 11.6 Å². The molecule has 2 atom stereocenters. The summed E-state index contributed by atoms with van der Waals surface area (Å²) in [4.78, 5) is 51.2. The third-order valence-corrected chi connectivity index (χ3v) is 8.72. The van der Waals surface area contributed by atoms with Gasteiger partial charge in [-0.1, -0.05) is 42.1 Å². The van der Waals surface area contributed by atoms with Gasteiger partial charge in [0.1, 0.15) is 13.6 Å². The quantitative estimate of drug-likeness (QED) is 0.136. The summed E-state index contributed by atoms with van der Waals surface area (Å²) in [6.45, 7) is -0.719. The maximum atomic E-state index is 12.7. The summed E-state index contributed by atoms with van der Waals surface area (Å²) in [5.74, 6) is -1.89. The van der Waals surface area contributed by atoms with E-state index >= 15 is 0 Å². The molecule has 15 nitrogen and oxygen atoms in total. The first-order valence-corrected chi connectivity index (χ1v) is 16.3. The molecule has 0 amide bonds. The van der Waals surface area contributed by atoms with Crippen LogP contribution < -0.4 is 21.2 Å². The number of phosphoric acid groups is 1. The number of carbonyl (C=O) groups excluding carboxylic acids is 1. The van der Waals surface area contributed by atoms with Crippen molar-refractivity contribution >= 4 is 58.1 Å². The van der Waals surface area contributed by atoms with Crippen molar-refractivity contribution in [2.45, 2.75) is 36.2 Å². The fraction of sp³-hybridized carbons (Fsp3) is 0.269. The Kier molecular flexibility index (Phi) is 8.26. The van der Waals surface area contributed by atoms with Gasteiger partial charge < -0.3 is 39.2 Å². The number of rotatable bonds is 10. The molecule has 3 heterocycles. The zero-order valence-electron chi connectivity index (χ0n) is 22.4. The van der Waals surface area contributed by atoms with Crippen molar-refractivity contribution in [3.63, 3.8) is 0 Å². The van der Waals surface area contributed by atoms with Crippen molar-refractivity contribution in [3.05, 3.63) is 81.0 Å². The summed E-state index contributed by atoms with van der Waals surface area (Å²) < 4.78 is 29.4. The third kappa shape index (κ3) is 6.24. The number of ether oxygens (including phenoxy) is 2. The maximum absolute atomic E-state index is 12.7. The number of nitrogens with zero attached hydrogens (tertiary/aromatic N) is 5. The second-order valence-corrected chi connectivity index (χ2v) is 12.6. The van der Waals surface area contributed by atoms with Crippen LogP contribution in [0.2, 0.25) is 0 Å². The molecule has 4 aromatic rings. The first-order chi connectivity index (χ1) is 21.0.